The Morgan fingerprint density at radius 3 is 2.49 bits per heavy atom. The molecule has 4 aromatic rings. The third-order valence-corrected chi connectivity index (χ3v) is 6.74. The van der Waals surface area contributed by atoms with E-state index in [0.29, 0.717) is 43.9 Å². The largest absolute Gasteiger partial charge is 0.493 e. The van der Waals surface area contributed by atoms with Gasteiger partial charge in [-0.05, 0) is 70.5 Å². The van der Waals surface area contributed by atoms with E-state index >= 15 is 0 Å². The Hall–Kier alpha value is -3.57. The first-order chi connectivity index (χ1) is 18.5. The predicted molar refractivity (Wildman–Crippen MR) is 157 cm³/mol. The summed E-state index contributed by atoms with van der Waals surface area (Å²) in [4.78, 5) is 30.4. The third-order valence-electron chi connectivity index (χ3n) is 5.56. The fraction of sp³-hybridized carbons (Fsp3) is 0.214. The molecular weight excluding hydrogens is 635 g/mol. The molecule has 0 fully saturated rings. The number of rotatable bonds is 7. The standard InChI is InChI=1S/C28H25Br2FN4O4/c1-28(2,3)27-34-22-10-5-17(29)12-20(22)26(37)35(27)32-14-16-11-23(38-4)24(13-21(16)30)39-15-25(36)33-19-8-6-18(31)7-9-19/h5-14H,15H2,1-4H3,(H,33,36). The first kappa shape index (κ1) is 28.4. The van der Waals surface area contributed by atoms with Gasteiger partial charge in [-0.15, -0.1) is 0 Å². The lowest BCUT2D eigenvalue weighted by atomic mass is 9.95. The van der Waals surface area contributed by atoms with Crippen LogP contribution in [0.15, 0.2) is 73.4 Å². The first-order valence-corrected chi connectivity index (χ1v) is 13.4. The minimum absolute atomic E-state index is 0.294. The van der Waals surface area contributed by atoms with Gasteiger partial charge >= 0.3 is 0 Å². The van der Waals surface area contributed by atoms with Crippen LogP contribution in [0.3, 0.4) is 0 Å². The van der Waals surface area contributed by atoms with E-state index in [1.165, 1.54) is 42.3 Å². The van der Waals surface area contributed by atoms with Gasteiger partial charge in [-0.3, -0.25) is 9.59 Å². The molecule has 0 aliphatic carbocycles. The monoisotopic (exact) mass is 658 g/mol. The molecule has 0 unspecified atom stereocenters. The lowest BCUT2D eigenvalue weighted by Gasteiger charge is -2.21. The Bertz CT molecular complexity index is 1630. The zero-order valence-electron chi connectivity index (χ0n) is 21.6. The highest BCUT2D eigenvalue weighted by molar-refractivity contribution is 9.10. The van der Waals surface area contributed by atoms with Gasteiger partial charge < -0.3 is 14.8 Å². The second-order valence-corrected chi connectivity index (χ2v) is 11.3. The number of benzene rings is 3. The average Bonchev–Trinajstić information content (AvgIpc) is 2.88. The molecule has 1 N–H and O–H groups in total. The Kier molecular flexibility index (Phi) is 8.51. The number of ether oxygens (including phenoxy) is 2. The number of nitrogens with zero attached hydrogens (tertiary/aromatic N) is 3. The molecule has 0 saturated heterocycles. The number of carbonyl (C=O) groups excluding carboxylic acids is 1. The zero-order valence-corrected chi connectivity index (χ0v) is 24.8. The minimum Gasteiger partial charge on any atom is -0.493 e. The normalized spacial score (nSPS) is 11.7. The summed E-state index contributed by atoms with van der Waals surface area (Å²) in [5, 5.41) is 7.57. The Labute approximate surface area is 241 Å². The number of carbonyl (C=O) groups is 1. The van der Waals surface area contributed by atoms with E-state index in [0.717, 1.165) is 4.47 Å². The number of halogens is 3. The van der Waals surface area contributed by atoms with Crippen LogP contribution in [0.25, 0.3) is 10.9 Å². The Balaban J connectivity index is 1.61. The molecule has 202 valence electrons. The second-order valence-electron chi connectivity index (χ2n) is 9.58. The van der Waals surface area contributed by atoms with Crippen molar-refractivity contribution in [3.05, 3.63) is 91.1 Å². The zero-order chi connectivity index (χ0) is 28.3. The van der Waals surface area contributed by atoms with Crippen LogP contribution >= 0.6 is 31.9 Å². The van der Waals surface area contributed by atoms with Crippen LogP contribution in [0.4, 0.5) is 10.1 Å². The number of methoxy groups -OCH3 is 1. The van der Waals surface area contributed by atoms with Crippen LogP contribution in [-0.2, 0) is 10.2 Å². The molecule has 0 atom stereocenters. The van der Waals surface area contributed by atoms with E-state index in [-0.39, 0.29) is 12.2 Å². The molecule has 11 heteroatoms. The van der Waals surface area contributed by atoms with Crippen molar-refractivity contribution in [2.75, 3.05) is 19.0 Å². The van der Waals surface area contributed by atoms with Gasteiger partial charge in [0.15, 0.2) is 18.1 Å². The molecule has 0 saturated carbocycles. The summed E-state index contributed by atoms with van der Waals surface area (Å²) in [6.07, 6.45) is 1.53. The lowest BCUT2D eigenvalue weighted by molar-refractivity contribution is -0.118. The minimum atomic E-state index is -0.459. The predicted octanol–water partition coefficient (Wildman–Crippen LogP) is 6.27. The van der Waals surface area contributed by atoms with Crippen molar-refractivity contribution in [1.82, 2.24) is 9.66 Å². The molecule has 0 radical (unpaired) electrons. The van der Waals surface area contributed by atoms with Crippen molar-refractivity contribution in [2.24, 2.45) is 5.10 Å². The molecule has 1 heterocycles. The fourth-order valence-electron chi connectivity index (χ4n) is 3.66. The van der Waals surface area contributed by atoms with Crippen molar-refractivity contribution in [3.8, 4) is 11.5 Å². The van der Waals surface area contributed by atoms with E-state index in [9.17, 15) is 14.0 Å². The molecule has 1 amide bonds. The number of aromatic nitrogens is 2. The molecule has 0 aliphatic heterocycles. The summed E-state index contributed by atoms with van der Waals surface area (Å²) in [6, 6.07) is 14.1. The smallest absolute Gasteiger partial charge is 0.282 e. The third kappa shape index (κ3) is 6.72. The van der Waals surface area contributed by atoms with Crippen molar-refractivity contribution in [3.63, 3.8) is 0 Å². The number of nitrogens with one attached hydrogen (secondary N) is 1. The van der Waals surface area contributed by atoms with Crippen molar-refractivity contribution >= 4 is 60.6 Å². The summed E-state index contributed by atoms with van der Waals surface area (Å²) >= 11 is 6.92. The summed E-state index contributed by atoms with van der Waals surface area (Å²) < 4.78 is 26.9. The molecule has 0 bridgehead atoms. The maximum absolute atomic E-state index is 13.4. The van der Waals surface area contributed by atoms with Gasteiger partial charge in [0, 0.05) is 25.6 Å². The molecule has 0 aliphatic rings. The van der Waals surface area contributed by atoms with E-state index in [1.807, 2.05) is 26.8 Å². The molecule has 4 rings (SSSR count). The van der Waals surface area contributed by atoms with Gasteiger partial charge in [0.1, 0.15) is 11.6 Å². The van der Waals surface area contributed by atoms with Crippen molar-refractivity contribution in [2.45, 2.75) is 26.2 Å². The van der Waals surface area contributed by atoms with E-state index in [2.05, 4.69) is 42.3 Å². The van der Waals surface area contributed by atoms with Gasteiger partial charge in [-0.25, -0.2) is 9.37 Å². The molecule has 8 nitrogen and oxygen atoms in total. The molecule has 1 aromatic heterocycles. The maximum atomic E-state index is 13.4. The van der Waals surface area contributed by atoms with Crippen LogP contribution in [-0.4, -0.2) is 35.5 Å². The van der Waals surface area contributed by atoms with Gasteiger partial charge in [0.05, 0.1) is 24.2 Å². The topological polar surface area (TPSA) is 94.8 Å². The van der Waals surface area contributed by atoms with E-state index in [4.69, 9.17) is 14.5 Å². The number of amides is 1. The lowest BCUT2D eigenvalue weighted by Crippen LogP contribution is -2.29. The van der Waals surface area contributed by atoms with Gasteiger partial charge in [0.25, 0.3) is 11.5 Å². The number of anilines is 1. The van der Waals surface area contributed by atoms with Crippen LogP contribution in [0.5, 0.6) is 11.5 Å². The van der Waals surface area contributed by atoms with E-state index in [1.54, 1.807) is 24.3 Å². The number of hydrogen-bond donors (Lipinski definition) is 1. The van der Waals surface area contributed by atoms with Crippen LogP contribution < -0.4 is 20.3 Å². The summed E-state index contributed by atoms with van der Waals surface area (Å²) in [7, 11) is 1.48. The maximum Gasteiger partial charge on any atom is 0.282 e. The first-order valence-electron chi connectivity index (χ1n) is 11.8. The number of fused-ring (bicyclic) bond motifs is 1. The molecule has 39 heavy (non-hydrogen) atoms. The second kappa shape index (κ2) is 11.7. The highest BCUT2D eigenvalue weighted by Crippen LogP contribution is 2.33. The average molecular weight is 660 g/mol. The summed E-state index contributed by atoms with van der Waals surface area (Å²) in [6.45, 7) is 5.59. The van der Waals surface area contributed by atoms with Crippen LogP contribution in [0.2, 0.25) is 0 Å². The SMILES string of the molecule is COc1cc(C=Nn2c(C(C)(C)C)nc3ccc(Br)cc3c2=O)c(Br)cc1OCC(=O)Nc1ccc(F)cc1. The van der Waals surface area contributed by atoms with Crippen molar-refractivity contribution in [1.29, 1.82) is 0 Å². The van der Waals surface area contributed by atoms with Gasteiger partial charge in [0.2, 0.25) is 0 Å². The molecular formula is C28H25Br2FN4O4. The Morgan fingerprint density at radius 2 is 1.82 bits per heavy atom. The number of hydrogen-bond acceptors (Lipinski definition) is 6. The molecule has 0 spiro atoms. The van der Waals surface area contributed by atoms with Crippen LogP contribution in [0, 0.1) is 5.82 Å². The van der Waals surface area contributed by atoms with Gasteiger partial charge in [-0.2, -0.15) is 9.78 Å². The molecule has 3 aromatic carbocycles. The van der Waals surface area contributed by atoms with Crippen LogP contribution in [0.1, 0.15) is 32.2 Å². The van der Waals surface area contributed by atoms with E-state index < -0.39 is 17.1 Å². The highest BCUT2D eigenvalue weighted by Gasteiger charge is 2.23. The highest BCUT2D eigenvalue weighted by atomic mass is 79.9. The van der Waals surface area contributed by atoms with Crippen molar-refractivity contribution < 1.29 is 18.7 Å². The fourth-order valence-corrected chi connectivity index (χ4v) is 4.44. The summed E-state index contributed by atoms with van der Waals surface area (Å²) in [5.74, 6) is 0.370. The Morgan fingerprint density at radius 1 is 1.10 bits per heavy atom. The quantitative estimate of drug-likeness (QED) is 0.236. The summed E-state index contributed by atoms with van der Waals surface area (Å²) in [5.41, 5.74) is 0.894. The van der Waals surface area contributed by atoms with Gasteiger partial charge in [-0.1, -0.05) is 36.7 Å².